The minimum absolute atomic E-state index is 0.503. The van der Waals surface area contributed by atoms with E-state index in [2.05, 4.69) is 37.9 Å². The molecule has 0 aromatic heterocycles. The molecule has 0 bridgehead atoms. The standard InChI is InChI=1S/C14H30N2O/c1-6-16(12(3)10-17-5)13(4)11(2)9-15-14-7-8-14/h11-15H,6-10H2,1-5H3. The van der Waals surface area contributed by atoms with E-state index in [1.165, 1.54) is 12.8 Å². The second-order valence-electron chi connectivity index (χ2n) is 5.54. The van der Waals surface area contributed by atoms with E-state index in [-0.39, 0.29) is 0 Å². The molecule has 102 valence electrons. The van der Waals surface area contributed by atoms with Crippen molar-refractivity contribution in [3.05, 3.63) is 0 Å². The highest BCUT2D eigenvalue weighted by Gasteiger charge is 2.26. The number of rotatable bonds is 9. The predicted octanol–water partition coefficient (Wildman–Crippen LogP) is 2.12. The summed E-state index contributed by atoms with van der Waals surface area (Å²) in [6.07, 6.45) is 2.75. The van der Waals surface area contributed by atoms with Gasteiger partial charge in [0.25, 0.3) is 0 Å². The van der Waals surface area contributed by atoms with Gasteiger partial charge in [-0.2, -0.15) is 0 Å². The highest BCUT2D eigenvalue weighted by molar-refractivity contribution is 4.84. The zero-order valence-corrected chi connectivity index (χ0v) is 12.2. The van der Waals surface area contributed by atoms with Crippen LogP contribution in [0, 0.1) is 5.92 Å². The molecule has 0 aromatic carbocycles. The average molecular weight is 242 g/mol. The zero-order chi connectivity index (χ0) is 12.8. The summed E-state index contributed by atoms with van der Waals surface area (Å²) in [7, 11) is 1.78. The number of methoxy groups -OCH3 is 1. The van der Waals surface area contributed by atoms with Crippen molar-refractivity contribution in [1.29, 1.82) is 0 Å². The van der Waals surface area contributed by atoms with Crippen LogP contribution in [0.5, 0.6) is 0 Å². The van der Waals surface area contributed by atoms with Gasteiger partial charge in [-0.1, -0.05) is 13.8 Å². The molecule has 17 heavy (non-hydrogen) atoms. The van der Waals surface area contributed by atoms with Gasteiger partial charge in [0.2, 0.25) is 0 Å². The van der Waals surface area contributed by atoms with E-state index in [0.717, 1.165) is 25.7 Å². The minimum Gasteiger partial charge on any atom is -0.383 e. The van der Waals surface area contributed by atoms with E-state index in [1.54, 1.807) is 7.11 Å². The third-order valence-corrected chi connectivity index (χ3v) is 3.99. The molecular weight excluding hydrogens is 212 g/mol. The number of nitrogens with one attached hydrogen (secondary N) is 1. The Hall–Kier alpha value is -0.120. The first-order valence-corrected chi connectivity index (χ1v) is 7.08. The predicted molar refractivity (Wildman–Crippen MR) is 73.4 cm³/mol. The Labute approximate surface area is 107 Å². The lowest BCUT2D eigenvalue weighted by molar-refractivity contribution is 0.0605. The Balaban J connectivity index is 2.36. The van der Waals surface area contributed by atoms with Crippen molar-refractivity contribution in [1.82, 2.24) is 10.2 Å². The number of likely N-dealkylation sites (N-methyl/N-ethyl adjacent to an activating group) is 1. The highest BCUT2D eigenvalue weighted by Crippen LogP contribution is 2.20. The normalized spacial score (nSPS) is 21.5. The van der Waals surface area contributed by atoms with Crippen molar-refractivity contribution in [3.63, 3.8) is 0 Å². The van der Waals surface area contributed by atoms with Gasteiger partial charge in [0, 0.05) is 25.2 Å². The highest BCUT2D eigenvalue weighted by atomic mass is 16.5. The molecule has 1 rings (SSSR count). The fourth-order valence-corrected chi connectivity index (χ4v) is 2.48. The molecule has 1 aliphatic carbocycles. The molecule has 0 radical (unpaired) electrons. The summed E-state index contributed by atoms with van der Waals surface area (Å²) in [5.74, 6) is 0.690. The summed E-state index contributed by atoms with van der Waals surface area (Å²) >= 11 is 0. The number of hydrogen-bond acceptors (Lipinski definition) is 3. The van der Waals surface area contributed by atoms with E-state index < -0.39 is 0 Å². The molecule has 3 atom stereocenters. The summed E-state index contributed by atoms with van der Waals surface area (Å²) in [6, 6.07) is 1.93. The van der Waals surface area contributed by atoms with Crippen molar-refractivity contribution < 1.29 is 4.74 Å². The van der Waals surface area contributed by atoms with Gasteiger partial charge in [-0.25, -0.2) is 0 Å². The first-order chi connectivity index (χ1) is 8.10. The summed E-state index contributed by atoms with van der Waals surface area (Å²) in [6.45, 7) is 12.2. The summed E-state index contributed by atoms with van der Waals surface area (Å²) in [5, 5.41) is 3.63. The van der Waals surface area contributed by atoms with E-state index >= 15 is 0 Å². The van der Waals surface area contributed by atoms with Gasteiger partial charge >= 0.3 is 0 Å². The third-order valence-electron chi connectivity index (χ3n) is 3.99. The van der Waals surface area contributed by atoms with Gasteiger partial charge in [-0.3, -0.25) is 4.90 Å². The lowest BCUT2D eigenvalue weighted by Gasteiger charge is -2.36. The van der Waals surface area contributed by atoms with E-state index in [0.29, 0.717) is 18.0 Å². The maximum absolute atomic E-state index is 5.27. The minimum atomic E-state index is 0.503. The first-order valence-electron chi connectivity index (χ1n) is 7.08. The molecule has 0 saturated heterocycles. The average Bonchev–Trinajstić information content (AvgIpc) is 3.10. The van der Waals surface area contributed by atoms with Crippen molar-refractivity contribution >= 4 is 0 Å². The molecule has 1 aliphatic rings. The fraction of sp³-hybridized carbons (Fsp3) is 1.00. The van der Waals surface area contributed by atoms with Crippen LogP contribution in [0.15, 0.2) is 0 Å². The van der Waals surface area contributed by atoms with Crippen LogP contribution >= 0.6 is 0 Å². The lowest BCUT2D eigenvalue weighted by atomic mass is 10.0. The van der Waals surface area contributed by atoms with Crippen LogP contribution in [0.2, 0.25) is 0 Å². The van der Waals surface area contributed by atoms with Gasteiger partial charge < -0.3 is 10.1 Å². The van der Waals surface area contributed by atoms with Gasteiger partial charge in [-0.05, 0) is 45.7 Å². The van der Waals surface area contributed by atoms with Crippen LogP contribution in [0.25, 0.3) is 0 Å². The molecular formula is C14H30N2O. The monoisotopic (exact) mass is 242 g/mol. The van der Waals surface area contributed by atoms with Gasteiger partial charge in [0.05, 0.1) is 6.61 Å². The second-order valence-corrected chi connectivity index (χ2v) is 5.54. The maximum Gasteiger partial charge on any atom is 0.0615 e. The Morgan fingerprint density at radius 3 is 2.41 bits per heavy atom. The van der Waals surface area contributed by atoms with Crippen molar-refractivity contribution in [2.45, 2.75) is 58.7 Å². The second kappa shape index (κ2) is 7.34. The van der Waals surface area contributed by atoms with E-state index in [9.17, 15) is 0 Å². The van der Waals surface area contributed by atoms with Crippen molar-refractivity contribution in [2.75, 3.05) is 26.8 Å². The quantitative estimate of drug-likeness (QED) is 0.670. The molecule has 1 saturated carbocycles. The Kier molecular flexibility index (Phi) is 6.45. The summed E-state index contributed by atoms with van der Waals surface area (Å²) < 4.78 is 5.27. The number of ether oxygens (including phenoxy) is 1. The molecule has 0 amide bonds. The van der Waals surface area contributed by atoms with Crippen LogP contribution in [0.3, 0.4) is 0 Å². The SMILES string of the molecule is CCN(C(C)COC)C(C)C(C)CNC1CC1. The first kappa shape index (κ1) is 14.9. The maximum atomic E-state index is 5.27. The molecule has 3 heteroatoms. The zero-order valence-electron chi connectivity index (χ0n) is 12.2. The number of nitrogens with zero attached hydrogens (tertiary/aromatic N) is 1. The van der Waals surface area contributed by atoms with Gasteiger partial charge in [0.1, 0.15) is 0 Å². The lowest BCUT2D eigenvalue weighted by Crippen LogP contribution is -2.47. The smallest absolute Gasteiger partial charge is 0.0615 e. The Morgan fingerprint density at radius 2 is 1.94 bits per heavy atom. The van der Waals surface area contributed by atoms with Crippen molar-refractivity contribution in [2.24, 2.45) is 5.92 Å². The van der Waals surface area contributed by atoms with Crippen LogP contribution < -0.4 is 5.32 Å². The largest absolute Gasteiger partial charge is 0.383 e. The van der Waals surface area contributed by atoms with Crippen LogP contribution in [-0.2, 0) is 4.74 Å². The molecule has 3 nitrogen and oxygen atoms in total. The van der Waals surface area contributed by atoms with E-state index in [1.807, 2.05) is 0 Å². The van der Waals surface area contributed by atoms with Crippen LogP contribution in [-0.4, -0.2) is 49.8 Å². The van der Waals surface area contributed by atoms with Gasteiger partial charge in [-0.15, -0.1) is 0 Å². The number of hydrogen-bond donors (Lipinski definition) is 1. The van der Waals surface area contributed by atoms with Crippen LogP contribution in [0.4, 0.5) is 0 Å². The van der Waals surface area contributed by atoms with Crippen molar-refractivity contribution in [3.8, 4) is 0 Å². The van der Waals surface area contributed by atoms with E-state index in [4.69, 9.17) is 4.74 Å². The van der Waals surface area contributed by atoms with Gasteiger partial charge in [0.15, 0.2) is 0 Å². The topological polar surface area (TPSA) is 24.5 Å². The molecule has 1 fully saturated rings. The third kappa shape index (κ3) is 4.94. The molecule has 3 unspecified atom stereocenters. The molecule has 0 spiro atoms. The van der Waals surface area contributed by atoms with Crippen LogP contribution in [0.1, 0.15) is 40.5 Å². The summed E-state index contributed by atoms with van der Waals surface area (Å²) in [5.41, 5.74) is 0. The molecule has 0 aliphatic heterocycles. The Morgan fingerprint density at radius 1 is 1.29 bits per heavy atom. The fourth-order valence-electron chi connectivity index (χ4n) is 2.48. The summed E-state index contributed by atoms with van der Waals surface area (Å²) in [4.78, 5) is 2.54. The Bertz CT molecular complexity index is 206. The molecule has 0 heterocycles. The molecule has 1 N–H and O–H groups in total. The molecule has 0 aromatic rings.